The third-order valence-electron chi connectivity index (χ3n) is 3.49. The molecule has 1 saturated heterocycles. The molecule has 0 amide bonds. The Kier molecular flexibility index (Phi) is 3.53. The van der Waals surface area contributed by atoms with Crippen molar-refractivity contribution >= 4 is 10.0 Å². The summed E-state index contributed by atoms with van der Waals surface area (Å²) in [4.78, 5) is 0. The molecule has 1 aliphatic heterocycles. The van der Waals surface area contributed by atoms with Gasteiger partial charge in [-0.2, -0.15) is 4.31 Å². The standard InChI is InChI=1S/C10H20N2O3S/c1-15-9-4-5-12(8(6-9)7-11)16(13,14)10-2-3-10/h8-10H,2-7,11H2,1H3. The van der Waals surface area contributed by atoms with Crippen molar-refractivity contribution in [2.24, 2.45) is 5.73 Å². The van der Waals surface area contributed by atoms with Crippen molar-refractivity contribution in [2.45, 2.75) is 43.1 Å². The van der Waals surface area contributed by atoms with Gasteiger partial charge in [0.2, 0.25) is 10.0 Å². The first-order valence-electron chi connectivity index (χ1n) is 5.83. The van der Waals surface area contributed by atoms with E-state index in [4.69, 9.17) is 10.5 Å². The van der Waals surface area contributed by atoms with E-state index in [9.17, 15) is 8.42 Å². The molecule has 2 atom stereocenters. The molecular formula is C10H20N2O3S. The van der Waals surface area contributed by atoms with Crippen LogP contribution in [-0.4, -0.2) is 50.3 Å². The molecule has 2 N–H and O–H groups in total. The lowest BCUT2D eigenvalue weighted by atomic mass is 10.0. The number of rotatable bonds is 4. The lowest BCUT2D eigenvalue weighted by Gasteiger charge is -2.37. The number of sulfonamides is 1. The fourth-order valence-corrected chi connectivity index (χ4v) is 4.38. The van der Waals surface area contributed by atoms with Crippen molar-refractivity contribution in [1.29, 1.82) is 0 Å². The predicted octanol–water partition coefficient (Wildman–Crippen LogP) is -0.0833. The van der Waals surface area contributed by atoms with E-state index in [1.54, 1.807) is 11.4 Å². The third kappa shape index (κ3) is 2.25. The van der Waals surface area contributed by atoms with Gasteiger partial charge in [0.05, 0.1) is 11.4 Å². The fourth-order valence-electron chi connectivity index (χ4n) is 2.31. The predicted molar refractivity (Wildman–Crippen MR) is 61.5 cm³/mol. The molecule has 0 radical (unpaired) electrons. The summed E-state index contributed by atoms with van der Waals surface area (Å²) in [6, 6.07) is -0.0794. The van der Waals surface area contributed by atoms with Gasteiger partial charge in [-0.1, -0.05) is 0 Å². The first-order chi connectivity index (χ1) is 7.59. The van der Waals surface area contributed by atoms with Crippen molar-refractivity contribution in [1.82, 2.24) is 4.31 Å². The van der Waals surface area contributed by atoms with E-state index in [0.29, 0.717) is 13.1 Å². The molecule has 2 rings (SSSR count). The topological polar surface area (TPSA) is 72.6 Å². The minimum Gasteiger partial charge on any atom is -0.381 e. The molecule has 2 unspecified atom stereocenters. The van der Waals surface area contributed by atoms with E-state index in [1.165, 1.54) is 0 Å². The zero-order valence-corrected chi connectivity index (χ0v) is 10.4. The molecule has 1 saturated carbocycles. The average molecular weight is 248 g/mol. The Bertz CT molecular complexity index is 340. The summed E-state index contributed by atoms with van der Waals surface area (Å²) in [7, 11) is -1.41. The fraction of sp³-hybridized carbons (Fsp3) is 1.00. The van der Waals surface area contributed by atoms with Gasteiger partial charge in [-0.05, 0) is 25.7 Å². The second-order valence-electron chi connectivity index (χ2n) is 4.63. The molecule has 0 spiro atoms. The number of methoxy groups -OCH3 is 1. The summed E-state index contributed by atoms with van der Waals surface area (Å²) in [6.45, 7) is 0.936. The SMILES string of the molecule is COC1CCN(S(=O)(=O)C2CC2)C(CN)C1. The molecule has 5 nitrogen and oxygen atoms in total. The molecule has 16 heavy (non-hydrogen) atoms. The molecule has 1 aliphatic carbocycles. The zero-order chi connectivity index (χ0) is 11.8. The molecule has 0 aromatic heterocycles. The summed E-state index contributed by atoms with van der Waals surface area (Å²) in [6.07, 6.45) is 3.27. The van der Waals surface area contributed by atoms with E-state index in [1.807, 2.05) is 0 Å². The van der Waals surface area contributed by atoms with Gasteiger partial charge in [-0.25, -0.2) is 8.42 Å². The molecule has 0 aromatic rings. The van der Waals surface area contributed by atoms with Crippen LogP contribution in [-0.2, 0) is 14.8 Å². The van der Waals surface area contributed by atoms with E-state index < -0.39 is 10.0 Å². The Morgan fingerprint density at radius 2 is 2.06 bits per heavy atom. The van der Waals surface area contributed by atoms with E-state index in [0.717, 1.165) is 25.7 Å². The maximum absolute atomic E-state index is 12.1. The van der Waals surface area contributed by atoms with Crippen molar-refractivity contribution < 1.29 is 13.2 Å². The Morgan fingerprint density at radius 3 is 2.56 bits per heavy atom. The Labute approximate surface area is 97.0 Å². The first-order valence-corrected chi connectivity index (χ1v) is 7.33. The largest absolute Gasteiger partial charge is 0.381 e. The highest BCUT2D eigenvalue weighted by Gasteiger charge is 2.44. The van der Waals surface area contributed by atoms with Crippen LogP contribution < -0.4 is 5.73 Å². The number of nitrogens with zero attached hydrogens (tertiary/aromatic N) is 1. The monoisotopic (exact) mass is 248 g/mol. The van der Waals surface area contributed by atoms with E-state index >= 15 is 0 Å². The van der Waals surface area contributed by atoms with Gasteiger partial charge in [0.25, 0.3) is 0 Å². The minimum absolute atomic E-state index is 0.0794. The van der Waals surface area contributed by atoms with Crippen LogP contribution in [0.1, 0.15) is 25.7 Å². The molecule has 2 aliphatic rings. The van der Waals surface area contributed by atoms with Gasteiger partial charge in [0.1, 0.15) is 0 Å². The van der Waals surface area contributed by atoms with Gasteiger partial charge in [-0.3, -0.25) is 0 Å². The smallest absolute Gasteiger partial charge is 0.217 e. The van der Waals surface area contributed by atoms with Crippen LogP contribution >= 0.6 is 0 Å². The summed E-state index contributed by atoms with van der Waals surface area (Å²) >= 11 is 0. The van der Waals surface area contributed by atoms with Crippen LogP contribution in [0.3, 0.4) is 0 Å². The maximum Gasteiger partial charge on any atom is 0.217 e. The average Bonchev–Trinajstić information content (AvgIpc) is 3.12. The second kappa shape index (κ2) is 4.60. The van der Waals surface area contributed by atoms with Crippen molar-refractivity contribution in [3.63, 3.8) is 0 Å². The summed E-state index contributed by atoms with van der Waals surface area (Å²) in [5.41, 5.74) is 5.67. The molecule has 2 fully saturated rings. The van der Waals surface area contributed by atoms with Gasteiger partial charge in [-0.15, -0.1) is 0 Å². The van der Waals surface area contributed by atoms with Gasteiger partial charge in [0.15, 0.2) is 0 Å². The Morgan fingerprint density at radius 1 is 1.38 bits per heavy atom. The Balaban J connectivity index is 2.09. The van der Waals surface area contributed by atoms with Crippen molar-refractivity contribution in [3.8, 4) is 0 Å². The third-order valence-corrected chi connectivity index (χ3v) is 5.94. The quantitative estimate of drug-likeness (QED) is 0.755. The van der Waals surface area contributed by atoms with Crippen molar-refractivity contribution in [3.05, 3.63) is 0 Å². The number of hydrogen-bond donors (Lipinski definition) is 1. The highest BCUT2D eigenvalue weighted by atomic mass is 32.2. The molecule has 0 aromatic carbocycles. The lowest BCUT2D eigenvalue weighted by molar-refractivity contribution is 0.0401. The molecule has 94 valence electrons. The zero-order valence-electron chi connectivity index (χ0n) is 9.63. The first kappa shape index (κ1) is 12.3. The van der Waals surface area contributed by atoms with Crippen LogP contribution in [0.15, 0.2) is 0 Å². The molecule has 6 heteroatoms. The number of piperidine rings is 1. The van der Waals surface area contributed by atoms with Crippen LogP contribution in [0.25, 0.3) is 0 Å². The van der Waals surface area contributed by atoms with Crippen LogP contribution in [0, 0.1) is 0 Å². The maximum atomic E-state index is 12.1. The molecule has 0 bridgehead atoms. The van der Waals surface area contributed by atoms with Gasteiger partial charge >= 0.3 is 0 Å². The molecular weight excluding hydrogens is 228 g/mol. The van der Waals surface area contributed by atoms with Gasteiger partial charge in [0, 0.05) is 26.2 Å². The van der Waals surface area contributed by atoms with Crippen LogP contribution in [0.5, 0.6) is 0 Å². The van der Waals surface area contributed by atoms with E-state index in [-0.39, 0.29) is 17.4 Å². The van der Waals surface area contributed by atoms with Crippen LogP contribution in [0.4, 0.5) is 0 Å². The summed E-state index contributed by atoms with van der Waals surface area (Å²) in [5, 5.41) is -0.138. The van der Waals surface area contributed by atoms with E-state index in [2.05, 4.69) is 0 Å². The highest BCUT2D eigenvalue weighted by Crippen LogP contribution is 2.34. The number of hydrogen-bond acceptors (Lipinski definition) is 4. The minimum atomic E-state index is -3.08. The van der Waals surface area contributed by atoms with Crippen molar-refractivity contribution in [2.75, 3.05) is 20.2 Å². The normalized spacial score (nSPS) is 32.9. The number of nitrogens with two attached hydrogens (primary N) is 1. The molecule has 1 heterocycles. The summed E-state index contributed by atoms with van der Waals surface area (Å²) < 4.78 is 31.2. The highest BCUT2D eigenvalue weighted by molar-refractivity contribution is 7.90. The second-order valence-corrected chi connectivity index (χ2v) is 6.79. The lowest BCUT2D eigenvalue weighted by Crippen LogP contribution is -2.52. The van der Waals surface area contributed by atoms with Crippen LogP contribution in [0.2, 0.25) is 0 Å². The number of ether oxygens (including phenoxy) is 1. The Hall–Kier alpha value is -0.170. The van der Waals surface area contributed by atoms with Gasteiger partial charge < -0.3 is 10.5 Å². The summed E-state index contributed by atoms with van der Waals surface area (Å²) in [5.74, 6) is 0.